The lowest BCUT2D eigenvalue weighted by atomic mass is 9.86. The van der Waals surface area contributed by atoms with Crippen molar-refractivity contribution in [3.05, 3.63) is 54.5 Å². The quantitative estimate of drug-likeness (QED) is 0.848. The Balaban J connectivity index is 1.53. The number of nitrogens with zero attached hydrogens (tertiary/aromatic N) is 1. The molecule has 1 aromatic heterocycles. The molecule has 142 valence electrons. The Morgan fingerprint density at radius 1 is 1.37 bits per heavy atom. The second-order valence-corrected chi connectivity index (χ2v) is 7.12. The van der Waals surface area contributed by atoms with Crippen molar-refractivity contribution in [3.8, 4) is 5.75 Å². The van der Waals surface area contributed by atoms with Gasteiger partial charge in [-0.25, -0.2) is 0 Å². The number of aliphatic hydroxyl groups is 1. The van der Waals surface area contributed by atoms with Gasteiger partial charge in [0.15, 0.2) is 0 Å². The Hall–Kier alpha value is -2.73. The minimum absolute atomic E-state index is 0.128. The molecule has 0 saturated carbocycles. The first-order chi connectivity index (χ1) is 13.1. The Labute approximate surface area is 158 Å². The highest BCUT2D eigenvalue weighted by Crippen LogP contribution is 2.30. The van der Waals surface area contributed by atoms with Crippen LogP contribution in [0.3, 0.4) is 0 Å². The van der Waals surface area contributed by atoms with Crippen molar-refractivity contribution >= 4 is 16.9 Å². The van der Waals surface area contributed by atoms with E-state index in [0.717, 1.165) is 28.9 Å². The standard InChI is InChI=1S/C21H24N2O4/c1-15-11-16-12-18(6-7-19(16)27-15)26-13-17-5-2-3-10-23(17)21(14-24)8-4-9-22-20(21)25/h2-3,5-7,10-12,17,24H,4,8-9,13-14H2,1H3,(H,22,25). The second-order valence-electron chi connectivity index (χ2n) is 7.12. The third-order valence-electron chi connectivity index (χ3n) is 5.31. The molecular weight excluding hydrogens is 344 g/mol. The topological polar surface area (TPSA) is 74.9 Å². The lowest BCUT2D eigenvalue weighted by Gasteiger charge is -2.47. The number of allylic oxidation sites excluding steroid dienone is 2. The Bertz CT molecular complexity index is 901. The molecule has 2 atom stereocenters. The van der Waals surface area contributed by atoms with Crippen LogP contribution in [0.5, 0.6) is 5.75 Å². The Kier molecular flexibility index (Phi) is 4.66. The van der Waals surface area contributed by atoms with Crippen molar-refractivity contribution in [1.82, 2.24) is 10.2 Å². The zero-order valence-corrected chi connectivity index (χ0v) is 15.4. The summed E-state index contributed by atoms with van der Waals surface area (Å²) in [5.41, 5.74) is -0.112. The van der Waals surface area contributed by atoms with Crippen molar-refractivity contribution in [2.24, 2.45) is 0 Å². The van der Waals surface area contributed by atoms with E-state index in [1.54, 1.807) is 0 Å². The first-order valence-corrected chi connectivity index (χ1v) is 9.28. The van der Waals surface area contributed by atoms with Crippen LogP contribution in [0.1, 0.15) is 18.6 Å². The van der Waals surface area contributed by atoms with Crippen LogP contribution in [-0.2, 0) is 4.79 Å². The van der Waals surface area contributed by atoms with Crippen LogP contribution in [0.2, 0.25) is 0 Å². The summed E-state index contributed by atoms with van der Waals surface area (Å²) in [6, 6.07) is 7.56. The Morgan fingerprint density at radius 3 is 3.07 bits per heavy atom. The van der Waals surface area contributed by atoms with Crippen molar-refractivity contribution in [2.45, 2.75) is 31.3 Å². The number of hydrogen-bond donors (Lipinski definition) is 2. The molecule has 1 fully saturated rings. The van der Waals surface area contributed by atoms with Gasteiger partial charge < -0.3 is 24.5 Å². The summed E-state index contributed by atoms with van der Waals surface area (Å²) in [5.74, 6) is 1.48. The lowest BCUT2D eigenvalue weighted by Crippen LogP contribution is -2.65. The molecule has 0 aliphatic carbocycles. The van der Waals surface area contributed by atoms with Gasteiger partial charge in [-0.2, -0.15) is 0 Å². The first-order valence-electron chi connectivity index (χ1n) is 9.28. The van der Waals surface area contributed by atoms with Crippen molar-refractivity contribution < 1.29 is 19.1 Å². The molecule has 2 unspecified atom stereocenters. The Morgan fingerprint density at radius 2 is 2.26 bits per heavy atom. The van der Waals surface area contributed by atoms with E-state index in [1.807, 2.05) is 60.5 Å². The predicted octanol–water partition coefficient (Wildman–Crippen LogP) is 2.52. The monoisotopic (exact) mass is 368 g/mol. The molecule has 2 N–H and O–H groups in total. The molecule has 2 aliphatic rings. The van der Waals surface area contributed by atoms with E-state index in [2.05, 4.69) is 5.32 Å². The van der Waals surface area contributed by atoms with E-state index in [4.69, 9.17) is 9.15 Å². The van der Waals surface area contributed by atoms with Gasteiger partial charge in [0, 0.05) is 18.1 Å². The highest BCUT2D eigenvalue weighted by Gasteiger charge is 2.46. The number of aryl methyl sites for hydroxylation is 1. The van der Waals surface area contributed by atoms with Crippen LogP contribution >= 0.6 is 0 Å². The average Bonchev–Trinajstić information content (AvgIpc) is 3.06. The lowest BCUT2D eigenvalue weighted by molar-refractivity contribution is -0.139. The molecule has 0 spiro atoms. The molecule has 0 radical (unpaired) electrons. The van der Waals surface area contributed by atoms with E-state index in [0.29, 0.717) is 19.6 Å². The maximum atomic E-state index is 12.6. The van der Waals surface area contributed by atoms with Gasteiger partial charge in [-0.05, 0) is 50.1 Å². The minimum Gasteiger partial charge on any atom is -0.491 e. The van der Waals surface area contributed by atoms with Crippen LogP contribution in [0, 0.1) is 6.92 Å². The number of rotatable bonds is 5. The number of fused-ring (bicyclic) bond motifs is 1. The summed E-state index contributed by atoms with van der Waals surface area (Å²) in [4.78, 5) is 14.5. The molecule has 6 nitrogen and oxygen atoms in total. The predicted molar refractivity (Wildman–Crippen MR) is 102 cm³/mol. The average molecular weight is 368 g/mol. The van der Waals surface area contributed by atoms with Crippen LogP contribution in [-0.4, -0.2) is 47.3 Å². The van der Waals surface area contributed by atoms with Crippen LogP contribution in [0.4, 0.5) is 0 Å². The van der Waals surface area contributed by atoms with Crippen molar-refractivity contribution in [3.63, 3.8) is 0 Å². The van der Waals surface area contributed by atoms with Gasteiger partial charge in [0.25, 0.3) is 0 Å². The molecule has 1 aromatic carbocycles. The van der Waals surface area contributed by atoms with E-state index in [-0.39, 0.29) is 18.6 Å². The van der Waals surface area contributed by atoms with Gasteiger partial charge in [0.05, 0.1) is 12.6 Å². The number of amides is 1. The van der Waals surface area contributed by atoms with Crippen LogP contribution in [0.25, 0.3) is 11.0 Å². The number of aliphatic hydroxyl groups excluding tert-OH is 1. The fourth-order valence-corrected chi connectivity index (χ4v) is 3.90. The molecule has 2 aliphatic heterocycles. The number of piperidine rings is 1. The first kappa shape index (κ1) is 17.7. The molecule has 0 bridgehead atoms. The molecule has 6 heteroatoms. The third kappa shape index (κ3) is 3.21. The summed E-state index contributed by atoms with van der Waals surface area (Å²) in [6.07, 6.45) is 9.15. The van der Waals surface area contributed by atoms with E-state index in [9.17, 15) is 9.90 Å². The SMILES string of the molecule is Cc1cc2cc(OCC3C=CC=CN3C3(CO)CCCNC3=O)ccc2o1. The number of carbonyl (C=O) groups excluding carboxylic acids is 1. The molecular formula is C21H24N2O4. The fourth-order valence-electron chi connectivity index (χ4n) is 3.90. The van der Waals surface area contributed by atoms with Crippen molar-refractivity contribution in [2.75, 3.05) is 19.8 Å². The number of hydrogen-bond acceptors (Lipinski definition) is 5. The molecule has 3 heterocycles. The molecule has 4 rings (SSSR count). The minimum atomic E-state index is -0.945. The van der Waals surface area contributed by atoms with Gasteiger partial charge in [-0.3, -0.25) is 4.79 Å². The summed E-state index contributed by atoms with van der Waals surface area (Å²) in [7, 11) is 0. The molecule has 2 aromatic rings. The van der Waals surface area contributed by atoms with Gasteiger partial charge in [0.2, 0.25) is 5.91 Å². The maximum Gasteiger partial charge on any atom is 0.248 e. The molecule has 1 amide bonds. The third-order valence-corrected chi connectivity index (χ3v) is 5.31. The van der Waals surface area contributed by atoms with E-state index >= 15 is 0 Å². The normalized spacial score (nSPS) is 25.0. The number of benzene rings is 1. The molecule has 27 heavy (non-hydrogen) atoms. The number of furan rings is 1. The van der Waals surface area contributed by atoms with Gasteiger partial charge in [-0.15, -0.1) is 0 Å². The van der Waals surface area contributed by atoms with Gasteiger partial charge in [0.1, 0.15) is 29.2 Å². The van der Waals surface area contributed by atoms with Crippen LogP contribution in [0.15, 0.2) is 53.1 Å². The highest BCUT2D eigenvalue weighted by molar-refractivity contribution is 5.87. The fraction of sp³-hybridized carbons (Fsp3) is 0.381. The summed E-state index contributed by atoms with van der Waals surface area (Å²) >= 11 is 0. The maximum absolute atomic E-state index is 12.6. The highest BCUT2D eigenvalue weighted by atomic mass is 16.5. The smallest absolute Gasteiger partial charge is 0.248 e. The van der Waals surface area contributed by atoms with Gasteiger partial charge >= 0.3 is 0 Å². The second kappa shape index (κ2) is 7.12. The zero-order valence-electron chi connectivity index (χ0n) is 15.4. The summed E-state index contributed by atoms with van der Waals surface area (Å²) < 4.78 is 11.6. The number of ether oxygens (including phenoxy) is 1. The zero-order chi connectivity index (χ0) is 18.9. The summed E-state index contributed by atoms with van der Waals surface area (Å²) in [5, 5.41) is 14.0. The van der Waals surface area contributed by atoms with Crippen LogP contribution < -0.4 is 10.1 Å². The number of carbonyl (C=O) groups is 1. The summed E-state index contributed by atoms with van der Waals surface area (Å²) in [6.45, 7) is 2.71. The largest absolute Gasteiger partial charge is 0.491 e. The number of nitrogens with one attached hydrogen (secondary N) is 1. The van der Waals surface area contributed by atoms with Gasteiger partial charge in [-0.1, -0.05) is 12.2 Å². The van der Waals surface area contributed by atoms with Crippen molar-refractivity contribution in [1.29, 1.82) is 0 Å². The van der Waals surface area contributed by atoms with E-state index < -0.39 is 5.54 Å². The van der Waals surface area contributed by atoms with E-state index in [1.165, 1.54) is 0 Å². The molecule has 1 saturated heterocycles.